The lowest BCUT2D eigenvalue weighted by Crippen LogP contribution is -2.47. The molecule has 0 N–H and O–H groups in total. The van der Waals surface area contributed by atoms with Crippen molar-refractivity contribution in [3.8, 4) is 11.5 Å². The molecule has 2 aliphatic rings. The van der Waals surface area contributed by atoms with Crippen molar-refractivity contribution >= 4 is 23.2 Å². The van der Waals surface area contributed by atoms with Crippen molar-refractivity contribution in [2.24, 2.45) is 0 Å². The number of benzene rings is 1. The van der Waals surface area contributed by atoms with Crippen molar-refractivity contribution < 1.29 is 19.1 Å². The number of carbonyl (C=O) groups is 2. The molecule has 0 spiro atoms. The normalized spacial score (nSPS) is 21.8. The minimum Gasteiger partial charge on any atom is -0.493 e. The predicted octanol–water partition coefficient (Wildman–Crippen LogP) is 4.08. The predicted molar refractivity (Wildman–Crippen MR) is 116 cm³/mol. The number of carbonyl (C=O) groups excluding carboxylic acids is 2. The van der Waals surface area contributed by atoms with Crippen molar-refractivity contribution in [3.63, 3.8) is 0 Å². The maximum atomic E-state index is 13.9. The van der Waals surface area contributed by atoms with E-state index in [1.165, 1.54) is 0 Å². The molecule has 1 fully saturated rings. The molecule has 0 radical (unpaired) electrons. The van der Waals surface area contributed by atoms with Crippen molar-refractivity contribution in [2.75, 3.05) is 34.4 Å². The van der Waals surface area contributed by atoms with Gasteiger partial charge in [-0.2, -0.15) is 0 Å². The van der Waals surface area contributed by atoms with Crippen LogP contribution in [0.2, 0.25) is 0 Å². The Labute approximate surface area is 181 Å². The molecule has 2 aromatic rings. The Morgan fingerprint density at radius 1 is 1.07 bits per heavy atom. The number of thiophene rings is 1. The van der Waals surface area contributed by atoms with Crippen LogP contribution in [-0.4, -0.2) is 56.0 Å². The van der Waals surface area contributed by atoms with Crippen molar-refractivity contribution in [2.45, 2.75) is 37.6 Å². The largest absolute Gasteiger partial charge is 0.493 e. The molecule has 1 aromatic carbocycles. The van der Waals surface area contributed by atoms with Crippen LogP contribution in [0.25, 0.3) is 0 Å². The smallest absolute Gasteiger partial charge is 0.254 e. The van der Waals surface area contributed by atoms with Crippen molar-refractivity contribution in [1.29, 1.82) is 0 Å². The Morgan fingerprint density at radius 3 is 2.33 bits per heavy atom. The van der Waals surface area contributed by atoms with E-state index in [-0.39, 0.29) is 17.9 Å². The van der Waals surface area contributed by atoms with Gasteiger partial charge in [0.2, 0.25) is 5.91 Å². The lowest BCUT2D eigenvalue weighted by molar-refractivity contribution is -0.134. The number of amides is 2. The fourth-order valence-corrected chi connectivity index (χ4v) is 5.52. The highest BCUT2D eigenvalue weighted by molar-refractivity contribution is 7.10. The summed E-state index contributed by atoms with van der Waals surface area (Å²) in [5.74, 6) is 0.535. The minimum absolute atomic E-state index is 0.0862. The SMILES string of the molecule is COc1cc2c(cc1OC)[C@H](C(=O)N1CCCCCC1)[C@H](c1cccs1)N(C)C2=O. The second-order valence-corrected chi connectivity index (χ2v) is 8.87. The maximum Gasteiger partial charge on any atom is 0.254 e. The van der Waals surface area contributed by atoms with Gasteiger partial charge in [-0.05, 0) is 42.0 Å². The third-order valence-electron chi connectivity index (χ3n) is 6.19. The minimum atomic E-state index is -0.473. The lowest BCUT2D eigenvalue weighted by Gasteiger charge is -2.41. The summed E-state index contributed by atoms with van der Waals surface area (Å²) < 4.78 is 10.9. The van der Waals surface area contributed by atoms with Crippen LogP contribution in [0.15, 0.2) is 29.6 Å². The highest BCUT2D eigenvalue weighted by atomic mass is 32.1. The van der Waals surface area contributed by atoms with Gasteiger partial charge < -0.3 is 19.3 Å². The van der Waals surface area contributed by atoms with E-state index < -0.39 is 5.92 Å². The number of nitrogens with zero attached hydrogens (tertiary/aromatic N) is 2. The van der Waals surface area contributed by atoms with Gasteiger partial charge in [-0.15, -0.1) is 11.3 Å². The van der Waals surface area contributed by atoms with Crippen LogP contribution in [0.3, 0.4) is 0 Å². The van der Waals surface area contributed by atoms with E-state index in [0.29, 0.717) is 17.1 Å². The monoisotopic (exact) mass is 428 g/mol. The lowest BCUT2D eigenvalue weighted by atomic mass is 9.81. The molecule has 0 bridgehead atoms. The van der Waals surface area contributed by atoms with E-state index >= 15 is 0 Å². The first kappa shape index (κ1) is 20.7. The van der Waals surface area contributed by atoms with Crippen LogP contribution >= 0.6 is 11.3 Å². The molecule has 7 heteroatoms. The summed E-state index contributed by atoms with van der Waals surface area (Å²) in [6.07, 6.45) is 4.36. The molecule has 1 saturated heterocycles. The molecule has 0 aliphatic carbocycles. The first-order valence-electron chi connectivity index (χ1n) is 10.4. The van der Waals surface area contributed by atoms with Gasteiger partial charge in [-0.25, -0.2) is 0 Å². The van der Waals surface area contributed by atoms with Crippen LogP contribution in [0.4, 0.5) is 0 Å². The van der Waals surface area contributed by atoms with E-state index in [2.05, 4.69) is 0 Å². The second kappa shape index (κ2) is 8.68. The van der Waals surface area contributed by atoms with Gasteiger partial charge in [0.25, 0.3) is 5.91 Å². The third-order valence-corrected chi connectivity index (χ3v) is 7.14. The Hall–Kier alpha value is -2.54. The number of rotatable bonds is 4. The quantitative estimate of drug-likeness (QED) is 0.736. The molecule has 4 rings (SSSR count). The number of methoxy groups -OCH3 is 2. The van der Waals surface area contributed by atoms with Gasteiger partial charge in [0.1, 0.15) is 0 Å². The van der Waals surface area contributed by atoms with Gasteiger partial charge in [-0.1, -0.05) is 18.9 Å². The van der Waals surface area contributed by atoms with E-state index in [9.17, 15) is 9.59 Å². The van der Waals surface area contributed by atoms with Crippen LogP contribution in [-0.2, 0) is 4.79 Å². The van der Waals surface area contributed by atoms with Gasteiger partial charge in [0.15, 0.2) is 11.5 Å². The number of likely N-dealkylation sites (tertiary alicyclic amines) is 1. The van der Waals surface area contributed by atoms with Crippen molar-refractivity contribution in [3.05, 3.63) is 45.6 Å². The van der Waals surface area contributed by atoms with Gasteiger partial charge in [0, 0.05) is 30.6 Å². The van der Waals surface area contributed by atoms with Gasteiger partial charge in [-0.3, -0.25) is 9.59 Å². The molecule has 3 heterocycles. The number of ether oxygens (including phenoxy) is 2. The maximum absolute atomic E-state index is 13.9. The average molecular weight is 429 g/mol. The van der Waals surface area contributed by atoms with Gasteiger partial charge >= 0.3 is 0 Å². The molecular formula is C23H28N2O4S. The molecule has 0 saturated carbocycles. The molecule has 6 nitrogen and oxygen atoms in total. The molecule has 0 unspecified atom stereocenters. The molecule has 1 aromatic heterocycles. The summed E-state index contributed by atoms with van der Waals surface area (Å²) in [6, 6.07) is 7.17. The Morgan fingerprint density at radius 2 is 1.73 bits per heavy atom. The fraction of sp³-hybridized carbons (Fsp3) is 0.478. The fourth-order valence-electron chi connectivity index (χ4n) is 4.62. The zero-order valence-electron chi connectivity index (χ0n) is 17.7. The molecule has 2 aliphatic heterocycles. The van der Waals surface area contributed by atoms with E-state index in [0.717, 1.165) is 49.2 Å². The van der Waals surface area contributed by atoms with Crippen LogP contribution in [0.5, 0.6) is 11.5 Å². The summed E-state index contributed by atoms with van der Waals surface area (Å²) in [7, 11) is 4.91. The molecule has 2 amide bonds. The van der Waals surface area contributed by atoms with E-state index in [1.807, 2.05) is 28.5 Å². The van der Waals surface area contributed by atoms with Crippen LogP contribution in [0.1, 0.15) is 58.4 Å². The zero-order chi connectivity index (χ0) is 21.3. The van der Waals surface area contributed by atoms with Gasteiger partial charge in [0.05, 0.1) is 26.2 Å². The number of hydrogen-bond donors (Lipinski definition) is 0. The number of fused-ring (bicyclic) bond motifs is 1. The summed E-state index contributed by atoms with van der Waals surface area (Å²) in [5, 5.41) is 1.99. The zero-order valence-corrected chi connectivity index (χ0v) is 18.5. The Balaban J connectivity index is 1.87. The summed E-state index contributed by atoms with van der Waals surface area (Å²) in [4.78, 5) is 31.9. The molecule has 30 heavy (non-hydrogen) atoms. The standard InChI is InChI=1S/C23H28N2O4S/c1-24-21(19-9-8-12-30-19)20(23(27)25-10-6-4-5-7-11-25)15-13-17(28-2)18(29-3)14-16(15)22(24)26/h8-9,12-14,20-21H,4-7,10-11H2,1-3H3/t20-,21-/m0/s1. The number of hydrogen-bond acceptors (Lipinski definition) is 5. The molecule has 160 valence electrons. The van der Waals surface area contributed by atoms with Crippen molar-refractivity contribution in [1.82, 2.24) is 9.80 Å². The van der Waals surface area contributed by atoms with Crippen LogP contribution < -0.4 is 9.47 Å². The number of likely N-dealkylation sites (N-methyl/N-ethyl adjacent to an activating group) is 1. The topological polar surface area (TPSA) is 59.1 Å². The highest BCUT2D eigenvalue weighted by Crippen LogP contribution is 2.47. The van der Waals surface area contributed by atoms with E-state index in [4.69, 9.17) is 9.47 Å². The highest BCUT2D eigenvalue weighted by Gasteiger charge is 2.45. The summed E-state index contributed by atoms with van der Waals surface area (Å²) in [5.41, 5.74) is 1.24. The summed E-state index contributed by atoms with van der Waals surface area (Å²) in [6.45, 7) is 1.54. The first-order chi connectivity index (χ1) is 14.6. The Kier molecular flexibility index (Phi) is 5.99. The van der Waals surface area contributed by atoms with Crippen LogP contribution in [0, 0.1) is 0 Å². The first-order valence-corrected chi connectivity index (χ1v) is 11.3. The average Bonchev–Trinajstić information content (AvgIpc) is 3.15. The summed E-state index contributed by atoms with van der Waals surface area (Å²) >= 11 is 1.58. The Bertz CT molecular complexity index is 920. The second-order valence-electron chi connectivity index (χ2n) is 7.89. The third kappa shape index (κ3) is 3.55. The molecular weight excluding hydrogens is 400 g/mol. The van der Waals surface area contributed by atoms with E-state index in [1.54, 1.807) is 43.6 Å². The molecule has 2 atom stereocenters.